The fourth-order valence-corrected chi connectivity index (χ4v) is 0.743. The molecule has 0 bridgehead atoms. The Balaban J connectivity index is 3.32. The van der Waals surface area contributed by atoms with Crippen molar-refractivity contribution >= 4 is 0 Å². The summed E-state index contributed by atoms with van der Waals surface area (Å²) in [7, 11) is 1.69. The highest BCUT2D eigenvalue weighted by Crippen LogP contribution is 2.00. The number of hydrogen-bond acceptors (Lipinski definition) is 2. The summed E-state index contributed by atoms with van der Waals surface area (Å²) in [5, 5.41) is 0. The van der Waals surface area contributed by atoms with Crippen LogP contribution in [0, 0.1) is 0 Å². The van der Waals surface area contributed by atoms with Crippen molar-refractivity contribution in [2.45, 2.75) is 38.8 Å². The lowest BCUT2D eigenvalue weighted by atomic mass is 10.1. The minimum atomic E-state index is 0.199. The Morgan fingerprint density at radius 3 is 2.44 bits per heavy atom. The molecule has 0 fully saturated rings. The van der Waals surface area contributed by atoms with Gasteiger partial charge in [0.1, 0.15) is 0 Å². The first kappa shape index (κ1) is 8.92. The van der Waals surface area contributed by atoms with Crippen LogP contribution in [0.2, 0.25) is 0 Å². The Morgan fingerprint density at radius 2 is 2.11 bits per heavy atom. The maximum Gasteiger partial charge on any atom is 0.0694 e. The quantitative estimate of drug-likeness (QED) is 0.621. The molecule has 2 N–H and O–H groups in total. The van der Waals surface area contributed by atoms with E-state index in [1.165, 1.54) is 0 Å². The van der Waals surface area contributed by atoms with Gasteiger partial charge in [-0.15, -0.1) is 0 Å². The highest BCUT2D eigenvalue weighted by molar-refractivity contribution is 4.67. The molecule has 2 nitrogen and oxygen atoms in total. The van der Waals surface area contributed by atoms with E-state index in [0.29, 0.717) is 0 Å². The molecule has 0 aliphatic carbocycles. The van der Waals surface area contributed by atoms with Crippen LogP contribution in [0.15, 0.2) is 0 Å². The van der Waals surface area contributed by atoms with Gasteiger partial charge >= 0.3 is 0 Å². The van der Waals surface area contributed by atoms with Gasteiger partial charge in [-0.1, -0.05) is 13.3 Å². The molecule has 0 saturated carbocycles. The maximum atomic E-state index is 5.71. The number of methoxy groups -OCH3 is 1. The van der Waals surface area contributed by atoms with Crippen molar-refractivity contribution in [1.29, 1.82) is 0 Å². The molecule has 0 aromatic heterocycles. The minimum Gasteiger partial charge on any atom is -0.380 e. The van der Waals surface area contributed by atoms with E-state index < -0.39 is 0 Å². The van der Waals surface area contributed by atoms with E-state index in [2.05, 4.69) is 6.92 Å². The normalized spacial score (nSPS) is 17.3. The topological polar surface area (TPSA) is 35.2 Å². The van der Waals surface area contributed by atoms with Crippen LogP contribution >= 0.6 is 0 Å². The summed E-state index contributed by atoms with van der Waals surface area (Å²) in [6, 6.07) is 0.208. The Labute approximate surface area is 57.4 Å². The molecule has 0 aromatic rings. The van der Waals surface area contributed by atoms with Crippen molar-refractivity contribution in [3.8, 4) is 0 Å². The second kappa shape index (κ2) is 4.77. The zero-order valence-corrected chi connectivity index (χ0v) is 6.55. The van der Waals surface area contributed by atoms with Crippen molar-refractivity contribution in [2.75, 3.05) is 7.11 Å². The first-order chi connectivity index (χ1) is 4.22. The van der Waals surface area contributed by atoms with Crippen LogP contribution in [-0.4, -0.2) is 19.3 Å². The van der Waals surface area contributed by atoms with E-state index in [-0.39, 0.29) is 12.1 Å². The highest BCUT2D eigenvalue weighted by Gasteiger charge is 2.08. The molecule has 0 spiro atoms. The van der Waals surface area contributed by atoms with Crippen molar-refractivity contribution in [1.82, 2.24) is 0 Å². The molecule has 0 heterocycles. The molecular weight excluding hydrogens is 114 g/mol. The largest absolute Gasteiger partial charge is 0.380 e. The van der Waals surface area contributed by atoms with Gasteiger partial charge in [0, 0.05) is 13.2 Å². The number of nitrogens with two attached hydrogens (primary N) is 1. The molecule has 9 heavy (non-hydrogen) atoms. The molecular formula is C7H17NO. The fraction of sp³-hybridized carbons (Fsp3) is 1.00. The Morgan fingerprint density at radius 1 is 1.56 bits per heavy atom. The average molecular weight is 131 g/mol. The van der Waals surface area contributed by atoms with E-state index in [4.69, 9.17) is 10.5 Å². The van der Waals surface area contributed by atoms with Crippen LogP contribution < -0.4 is 5.73 Å². The molecule has 0 aromatic carbocycles. The van der Waals surface area contributed by atoms with E-state index >= 15 is 0 Å². The molecule has 1 unspecified atom stereocenters. The lowest BCUT2D eigenvalue weighted by molar-refractivity contribution is 0.0927. The van der Waals surface area contributed by atoms with Gasteiger partial charge in [0.05, 0.1) is 6.10 Å². The van der Waals surface area contributed by atoms with Gasteiger partial charge in [-0.25, -0.2) is 0 Å². The third-order valence-corrected chi connectivity index (χ3v) is 1.60. The van der Waals surface area contributed by atoms with Gasteiger partial charge in [-0.2, -0.15) is 0 Å². The van der Waals surface area contributed by atoms with E-state index in [1.54, 1.807) is 7.11 Å². The summed E-state index contributed by atoms with van der Waals surface area (Å²) in [4.78, 5) is 0. The predicted octanol–water partition coefficient (Wildman–Crippen LogP) is 1.15. The van der Waals surface area contributed by atoms with Crippen LogP contribution in [0.4, 0.5) is 0 Å². The van der Waals surface area contributed by atoms with E-state index in [0.717, 1.165) is 12.8 Å². The second-order valence-electron chi connectivity index (χ2n) is 2.39. The monoisotopic (exact) mass is 131 g/mol. The molecule has 2 atom stereocenters. The van der Waals surface area contributed by atoms with Crippen LogP contribution in [0.5, 0.6) is 0 Å². The predicted molar refractivity (Wildman–Crippen MR) is 39.4 cm³/mol. The molecule has 56 valence electrons. The van der Waals surface area contributed by atoms with Crippen LogP contribution in [0.3, 0.4) is 0 Å². The van der Waals surface area contributed by atoms with E-state index in [9.17, 15) is 0 Å². The van der Waals surface area contributed by atoms with Crippen LogP contribution in [-0.2, 0) is 4.74 Å². The fourth-order valence-electron chi connectivity index (χ4n) is 0.743. The summed E-state index contributed by atoms with van der Waals surface area (Å²) in [6.45, 7) is 4.13. The number of ether oxygens (including phenoxy) is 1. The summed E-state index contributed by atoms with van der Waals surface area (Å²) in [5.41, 5.74) is 5.71. The zero-order chi connectivity index (χ0) is 7.28. The first-order valence-electron chi connectivity index (χ1n) is 3.50. The number of rotatable bonds is 4. The smallest absolute Gasteiger partial charge is 0.0694 e. The van der Waals surface area contributed by atoms with E-state index in [1.807, 2.05) is 6.92 Å². The van der Waals surface area contributed by atoms with Gasteiger partial charge in [-0.05, 0) is 13.3 Å². The zero-order valence-electron chi connectivity index (χ0n) is 6.55. The lowest BCUT2D eigenvalue weighted by Gasteiger charge is -2.16. The van der Waals surface area contributed by atoms with Gasteiger partial charge in [0.15, 0.2) is 0 Å². The molecule has 0 aliphatic heterocycles. The second-order valence-corrected chi connectivity index (χ2v) is 2.39. The van der Waals surface area contributed by atoms with Gasteiger partial charge in [0.2, 0.25) is 0 Å². The SMILES string of the molecule is CCC[C@H](N)C(C)OC. The molecule has 2 heteroatoms. The van der Waals surface area contributed by atoms with Gasteiger partial charge in [-0.3, -0.25) is 0 Å². The molecule has 0 radical (unpaired) electrons. The summed E-state index contributed by atoms with van der Waals surface area (Å²) >= 11 is 0. The standard InChI is InChI=1S/C7H17NO/c1-4-5-7(8)6(2)9-3/h6-7H,4-5,8H2,1-3H3/t6?,7-/m0/s1. The summed E-state index contributed by atoms with van der Waals surface area (Å²) in [5.74, 6) is 0. The van der Waals surface area contributed by atoms with Crippen molar-refractivity contribution in [3.63, 3.8) is 0 Å². The maximum absolute atomic E-state index is 5.71. The highest BCUT2D eigenvalue weighted by atomic mass is 16.5. The van der Waals surface area contributed by atoms with Crippen LogP contribution in [0.25, 0.3) is 0 Å². The van der Waals surface area contributed by atoms with Gasteiger partial charge < -0.3 is 10.5 Å². The first-order valence-corrected chi connectivity index (χ1v) is 3.50. The van der Waals surface area contributed by atoms with Crippen molar-refractivity contribution in [3.05, 3.63) is 0 Å². The molecule has 0 rings (SSSR count). The Bertz CT molecular complexity index is 65.9. The third-order valence-electron chi connectivity index (χ3n) is 1.60. The minimum absolute atomic E-state index is 0.199. The molecule has 0 aliphatic rings. The van der Waals surface area contributed by atoms with Crippen LogP contribution in [0.1, 0.15) is 26.7 Å². The molecule has 0 amide bonds. The summed E-state index contributed by atoms with van der Waals surface area (Å²) < 4.78 is 5.04. The third kappa shape index (κ3) is 3.49. The number of hydrogen-bond donors (Lipinski definition) is 1. The average Bonchev–Trinajstić information content (AvgIpc) is 1.87. The molecule has 0 saturated heterocycles. The van der Waals surface area contributed by atoms with Gasteiger partial charge in [0.25, 0.3) is 0 Å². The Kier molecular flexibility index (Phi) is 4.72. The van der Waals surface area contributed by atoms with Crippen molar-refractivity contribution in [2.24, 2.45) is 5.73 Å². The van der Waals surface area contributed by atoms with Crippen molar-refractivity contribution < 1.29 is 4.74 Å². The lowest BCUT2D eigenvalue weighted by Crippen LogP contribution is -2.33. The Hall–Kier alpha value is -0.0800. The summed E-state index contributed by atoms with van der Waals surface area (Å²) in [6.07, 6.45) is 2.38.